The van der Waals surface area contributed by atoms with Crippen molar-refractivity contribution in [1.29, 1.82) is 0 Å². The van der Waals surface area contributed by atoms with Gasteiger partial charge in [-0.15, -0.1) is 0 Å². The number of benzene rings is 1. The number of carbonyl (C=O) groups is 2. The first-order valence-corrected chi connectivity index (χ1v) is 8.13. The van der Waals surface area contributed by atoms with E-state index < -0.39 is 0 Å². The third-order valence-corrected chi connectivity index (χ3v) is 6.66. The minimum Gasteiger partial charge on any atom is -0.274 e. The molecule has 0 bridgehead atoms. The van der Waals surface area contributed by atoms with E-state index in [1.807, 2.05) is 30.3 Å². The average Bonchev–Trinajstić information content (AvgIpc) is 2.64. The molecule has 4 atom stereocenters. The maximum absolute atomic E-state index is 12.5. The topological polar surface area (TPSA) is 37.4 Å². The van der Waals surface area contributed by atoms with E-state index in [0.29, 0.717) is 18.5 Å². The van der Waals surface area contributed by atoms with Crippen LogP contribution in [0.1, 0.15) is 12.8 Å². The fourth-order valence-electron chi connectivity index (χ4n) is 2.93. The van der Waals surface area contributed by atoms with Crippen LogP contribution >= 0.6 is 31.9 Å². The van der Waals surface area contributed by atoms with Gasteiger partial charge >= 0.3 is 0 Å². The molecule has 1 saturated heterocycles. The van der Waals surface area contributed by atoms with Gasteiger partial charge in [0.05, 0.1) is 17.5 Å². The molecule has 19 heavy (non-hydrogen) atoms. The molecule has 5 heteroatoms. The number of rotatable bonds is 1. The van der Waals surface area contributed by atoms with Crippen molar-refractivity contribution in [2.75, 3.05) is 4.90 Å². The molecule has 1 aliphatic carbocycles. The molecule has 2 amide bonds. The minimum atomic E-state index is -0.175. The Bertz CT molecular complexity index is 491. The van der Waals surface area contributed by atoms with Crippen molar-refractivity contribution < 1.29 is 9.59 Å². The van der Waals surface area contributed by atoms with Crippen LogP contribution in [0.15, 0.2) is 30.3 Å². The van der Waals surface area contributed by atoms with Crippen LogP contribution in [0.5, 0.6) is 0 Å². The van der Waals surface area contributed by atoms with E-state index in [9.17, 15) is 9.59 Å². The standard InChI is InChI=1S/C14H13Br2NO2/c15-11-6-9-10(7-12(11)16)14(19)17(13(9)18)8-4-2-1-3-5-8/h1-5,9-12H,6-7H2/t9-,10+,11-,12-/m1/s1. The zero-order chi connectivity index (χ0) is 13.6. The van der Waals surface area contributed by atoms with Gasteiger partial charge < -0.3 is 0 Å². The monoisotopic (exact) mass is 385 g/mol. The number of alkyl halides is 2. The SMILES string of the molecule is O=C1[C@H]2C[C@@H](Br)[C@H](Br)C[C@H]2C(=O)N1c1ccccc1. The molecule has 1 heterocycles. The molecular formula is C14H13Br2NO2. The van der Waals surface area contributed by atoms with Gasteiger partial charge in [-0.1, -0.05) is 50.1 Å². The highest BCUT2D eigenvalue weighted by molar-refractivity contribution is 9.12. The third kappa shape index (κ3) is 2.17. The predicted octanol–water partition coefficient (Wildman–Crippen LogP) is 3.11. The molecule has 0 unspecified atom stereocenters. The zero-order valence-electron chi connectivity index (χ0n) is 10.1. The lowest BCUT2D eigenvalue weighted by atomic mass is 9.81. The number of carbonyl (C=O) groups excluding carboxylic acids is 2. The molecule has 3 rings (SSSR count). The summed E-state index contributed by atoms with van der Waals surface area (Å²) < 4.78 is 0. The van der Waals surface area contributed by atoms with Gasteiger partial charge in [0.2, 0.25) is 11.8 Å². The molecule has 1 saturated carbocycles. The molecule has 0 radical (unpaired) electrons. The number of fused-ring (bicyclic) bond motifs is 1. The van der Waals surface area contributed by atoms with Gasteiger partial charge in [0, 0.05) is 9.65 Å². The van der Waals surface area contributed by atoms with Gasteiger partial charge in [-0.25, -0.2) is 0 Å². The second kappa shape index (κ2) is 5.02. The first-order valence-electron chi connectivity index (χ1n) is 6.30. The van der Waals surface area contributed by atoms with E-state index in [2.05, 4.69) is 31.9 Å². The summed E-state index contributed by atoms with van der Waals surface area (Å²) in [5.74, 6) is -0.452. The summed E-state index contributed by atoms with van der Waals surface area (Å²) in [6.07, 6.45) is 1.43. The van der Waals surface area contributed by atoms with Crippen LogP contribution in [-0.4, -0.2) is 21.5 Å². The van der Waals surface area contributed by atoms with E-state index in [4.69, 9.17) is 0 Å². The first kappa shape index (κ1) is 13.3. The van der Waals surface area contributed by atoms with Crippen molar-refractivity contribution in [2.24, 2.45) is 11.8 Å². The van der Waals surface area contributed by atoms with Crippen LogP contribution in [0, 0.1) is 11.8 Å². The fourth-order valence-corrected chi connectivity index (χ4v) is 4.16. The summed E-state index contributed by atoms with van der Waals surface area (Å²) >= 11 is 7.17. The zero-order valence-corrected chi connectivity index (χ0v) is 13.3. The van der Waals surface area contributed by atoms with Gasteiger partial charge in [0.25, 0.3) is 0 Å². The first-order chi connectivity index (χ1) is 9.09. The molecule has 0 N–H and O–H groups in total. The van der Waals surface area contributed by atoms with Crippen LogP contribution in [-0.2, 0) is 9.59 Å². The van der Waals surface area contributed by atoms with Crippen LogP contribution in [0.25, 0.3) is 0 Å². The highest BCUT2D eigenvalue weighted by Crippen LogP contribution is 2.44. The summed E-state index contributed by atoms with van der Waals surface area (Å²) in [5.41, 5.74) is 0.684. The van der Waals surface area contributed by atoms with Crippen LogP contribution < -0.4 is 4.90 Å². The Hall–Kier alpha value is -0.680. The van der Waals surface area contributed by atoms with Crippen LogP contribution in [0.4, 0.5) is 5.69 Å². The molecule has 1 aromatic rings. The van der Waals surface area contributed by atoms with Crippen molar-refractivity contribution in [1.82, 2.24) is 0 Å². The molecule has 0 spiro atoms. The Morgan fingerprint density at radius 2 is 1.37 bits per heavy atom. The molecule has 100 valence electrons. The number of halogens is 2. The van der Waals surface area contributed by atoms with Crippen LogP contribution in [0.3, 0.4) is 0 Å². The molecular weight excluding hydrogens is 374 g/mol. The highest BCUT2D eigenvalue weighted by Gasteiger charge is 2.52. The number of imide groups is 1. The smallest absolute Gasteiger partial charge is 0.237 e. The van der Waals surface area contributed by atoms with E-state index in [-0.39, 0.29) is 33.3 Å². The van der Waals surface area contributed by atoms with Crippen molar-refractivity contribution in [3.05, 3.63) is 30.3 Å². The van der Waals surface area contributed by atoms with Gasteiger partial charge in [-0.2, -0.15) is 0 Å². The number of para-hydroxylation sites is 1. The highest BCUT2D eigenvalue weighted by atomic mass is 79.9. The van der Waals surface area contributed by atoms with Gasteiger partial charge in [0.1, 0.15) is 0 Å². The van der Waals surface area contributed by atoms with Crippen molar-refractivity contribution in [3.8, 4) is 0 Å². The summed E-state index contributed by atoms with van der Waals surface area (Å²) in [6.45, 7) is 0. The molecule has 2 fully saturated rings. The molecule has 1 aromatic carbocycles. The fraction of sp³-hybridized carbons (Fsp3) is 0.429. The van der Waals surface area contributed by atoms with Crippen molar-refractivity contribution >= 4 is 49.4 Å². The van der Waals surface area contributed by atoms with E-state index in [1.165, 1.54) is 4.90 Å². The maximum atomic E-state index is 12.5. The Balaban J connectivity index is 1.94. The maximum Gasteiger partial charge on any atom is 0.237 e. The molecule has 2 aliphatic rings. The Morgan fingerprint density at radius 1 is 0.895 bits per heavy atom. The van der Waals surface area contributed by atoms with Crippen molar-refractivity contribution in [2.45, 2.75) is 22.5 Å². The number of nitrogens with zero attached hydrogens (tertiary/aromatic N) is 1. The largest absolute Gasteiger partial charge is 0.274 e. The van der Waals surface area contributed by atoms with E-state index in [1.54, 1.807) is 0 Å². The lowest BCUT2D eigenvalue weighted by Crippen LogP contribution is -2.34. The predicted molar refractivity (Wildman–Crippen MR) is 80.6 cm³/mol. The van der Waals surface area contributed by atoms with Crippen LogP contribution in [0.2, 0.25) is 0 Å². The lowest BCUT2D eigenvalue weighted by molar-refractivity contribution is -0.122. The second-order valence-electron chi connectivity index (χ2n) is 5.06. The van der Waals surface area contributed by atoms with Gasteiger partial charge in [-0.05, 0) is 25.0 Å². The normalized spacial score (nSPS) is 34.5. The number of anilines is 1. The third-order valence-electron chi connectivity index (χ3n) is 3.93. The molecule has 0 aromatic heterocycles. The molecule has 1 aliphatic heterocycles. The Labute approximate surface area is 128 Å². The van der Waals surface area contributed by atoms with Gasteiger partial charge in [0.15, 0.2) is 0 Å². The second-order valence-corrected chi connectivity index (χ2v) is 7.42. The average molecular weight is 387 g/mol. The quantitative estimate of drug-likeness (QED) is 0.549. The van der Waals surface area contributed by atoms with E-state index in [0.717, 1.165) is 0 Å². The van der Waals surface area contributed by atoms with Crippen molar-refractivity contribution in [3.63, 3.8) is 0 Å². The lowest BCUT2D eigenvalue weighted by Gasteiger charge is -2.29. The summed E-state index contributed by atoms with van der Waals surface area (Å²) in [7, 11) is 0. The van der Waals surface area contributed by atoms with E-state index >= 15 is 0 Å². The Morgan fingerprint density at radius 3 is 1.84 bits per heavy atom. The summed E-state index contributed by atoms with van der Waals surface area (Å²) in [4.78, 5) is 26.8. The minimum absolute atomic E-state index is 0.0509. The molecule has 3 nitrogen and oxygen atoms in total. The number of amides is 2. The summed E-state index contributed by atoms with van der Waals surface area (Å²) in [5, 5.41) is 0. The number of hydrogen-bond donors (Lipinski definition) is 0. The van der Waals surface area contributed by atoms with Gasteiger partial charge in [-0.3, -0.25) is 14.5 Å². The Kier molecular flexibility index (Phi) is 3.52. The summed E-state index contributed by atoms with van der Waals surface area (Å²) in [6, 6.07) is 9.19. The number of hydrogen-bond acceptors (Lipinski definition) is 2.